The molecule has 0 aromatic heterocycles. The number of allylic oxidation sites excluding steroid dienone is 17. The second-order valence-electron chi connectivity index (χ2n) is 20.4. The van der Waals surface area contributed by atoms with Crippen molar-refractivity contribution in [3.8, 4) is 0 Å². The summed E-state index contributed by atoms with van der Waals surface area (Å²) in [7, 11) is 0. The molecule has 0 aromatic rings. The van der Waals surface area contributed by atoms with E-state index in [-0.39, 0.29) is 19.4 Å². The van der Waals surface area contributed by atoms with E-state index in [0.29, 0.717) is 12.8 Å². The number of nitrogens with one attached hydrogen (secondary N) is 1. The highest BCUT2D eigenvalue weighted by molar-refractivity contribution is 5.80. The Kier molecular flexibility index (Phi) is 48.2. The van der Waals surface area contributed by atoms with E-state index in [1.54, 1.807) is 6.08 Å². The van der Waals surface area contributed by atoms with E-state index < -0.39 is 67.4 Å². The molecule has 0 aliphatic carbocycles. The monoisotopic (exact) mass is 1060 g/mol. The van der Waals surface area contributed by atoms with Gasteiger partial charge in [0.2, 0.25) is 5.91 Å². The summed E-state index contributed by atoms with van der Waals surface area (Å²) in [5.74, 6) is -1.24. The van der Waals surface area contributed by atoms with Crippen LogP contribution in [0.3, 0.4) is 0 Å². The molecule has 0 spiro atoms. The van der Waals surface area contributed by atoms with Gasteiger partial charge in [0.05, 0.1) is 25.4 Å². The molecule has 1 aliphatic rings. The summed E-state index contributed by atoms with van der Waals surface area (Å²) in [6, 6.07) is -1.04. The van der Waals surface area contributed by atoms with Crippen molar-refractivity contribution < 1.29 is 49.3 Å². The van der Waals surface area contributed by atoms with Gasteiger partial charge in [0.1, 0.15) is 24.4 Å². The molecule has 1 saturated heterocycles. The zero-order valence-electron chi connectivity index (χ0n) is 47.8. The second kappa shape index (κ2) is 52.0. The molecular weight excluding hydrogens is 955 g/mol. The van der Waals surface area contributed by atoms with Crippen LogP contribution in [0.2, 0.25) is 0 Å². The lowest BCUT2D eigenvalue weighted by Crippen LogP contribution is -2.61. The third-order valence-electron chi connectivity index (χ3n) is 13.5. The van der Waals surface area contributed by atoms with Gasteiger partial charge in [-0.05, 0) is 89.9 Å². The van der Waals surface area contributed by atoms with Crippen LogP contribution < -0.4 is 5.32 Å². The molecule has 434 valence electrons. The fourth-order valence-electron chi connectivity index (χ4n) is 8.74. The Hall–Kier alpha value is -3.68. The van der Waals surface area contributed by atoms with E-state index in [0.717, 1.165) is 135 Å². The lowest BCUT2D eigenvalue weighted by molar-refractivity contribution is -0.305. The standard InChI is InChI=1S/C65H109NO10/c1-4-7-10-13-16-19-22-25-27-28-29-30-31-32-33-35-38-41-44-47-50-53-60(70)76-63-62(72)61(71)59(54-67)75-65(63)74-55-56(57(68)51-48-45-42-39-36-24-21-18-15-12-9-6-3)66-64(73)58(69)52-49-46-43-40-37-34-26-23-20-17-14-11-8-5-2/h7-8,10-11,14,16-17,19-20,23,25,27,29-30,32-33,48,51,56-59,61-63,65,67-69,71-72H,4-6,9,12-13,15,18,21-22,24,26,28,31,34-47,49-50,52-55H2,1-3H3,(H,66,73)/b10-7-,11-8+,17-14+,19-16-,23-20+,27-25-,30-29-,33-32-,51-48+. The molecule has 0 radical (unpaired) electrons. The smallest absolute Gasteiger partial charge is 0.306 e. The Morgan fingerprint density at radius 2 is 1.01 bits per heavy atom. The van der Waals surface area contributed by atoms with Crippen LogP contribution in [0.5, 0.6) is 0 Å². The van der Waals surface area contributed by atoms with Crippen LogP contribution in [0.15, 0.2) is 109 Å². The molecule has 1 rings (SSSR count). The van der Waals surface area contributed by atoms with Gasteiger partial charge in [-0.25, -0.2) is 0 Å². The summed E-state index contributed by atoms with van der Waals surface area (Å²) in [5.41, 5.74) is 0. The van der Waals surface area contributed by atoms with Crippen LogP contribution in [0.4, 0.5) is 0 Å². The molecular formula is C65H109NO10. The van der Waals surface area contributed by atoms with Crippen LogP contribution in [0.1, 0.15) is 226 Å². The molecule has 1 aliphatic heterocycles. The van der Waals surface area contributed by atoms with Crippen molar-refractivity contribution in [2.75, 3.05) is 13.2 Å². The van der Waals surface area contributed by atoms with E-state index in [4.69, 9.17) is 14.2 Å². The summed E-state index contributed by atoms with van der Waals surface area (Å²) >= 11 is 0. The van der Waals surface area contributed by atoms with Crippen molar-refractivity contribution in [3.05, 3.63) is 109 Å². The number of hydrogen-bond acceptors (Lipinski definition) is 10. The molecule has 76 heavy (non-hydrogen) atoms. The summed E-state index contributed by atoms with van der Waals surface area (Å²) < 4.78 is 17.6. The fraction of sp³-hybridized carbons (Fsp3) is 0.692. The number of aliphatic hydroxyl groups is 5. The number of esters is 1. The van der Waals surface area contributed by atoms with Crippen LogP contribution >= 0.6 is 0 Å². The van der Waals surface area contributed by atoms with Gasteiger partial charge in [-0.15, -0.1) is 0 Å². The summed E-state index contributed by atoms with van der Waals surface area (Å²) in [6.07, 6.45) is 59.8. The first-order chi connectivity index (χ1) is 37.2. The Morgan fingerprint density at radius 3 is 1.57 bits per heavy atom. The van der Waals surface area contributed by atoms with E-state index in [9.17, 15) is 35.1 Å². The molecule has 8 unspecified atom stereocenters. The first-order valence-electron chi connectivity index (χ1n) is 30.2. The largest absolute Gasteiger partial charge is 0.454 e. The predicted octanol–water partition coefficient (Wildman–Crippen LogP) is 14.1. The minimum atomic E-state index is -1.63. The van der Waals surface area contributed by atoms with Crippen molar-refractivity contribution >= 4 is 11.9 Å². The summed E-state index contributed by atoms with van der Waals surface area (Å²) in [4.78, 5) is 26.5. The fourth-order valence-corrected chi connectivity index (χ4v) is 8.74. The molecule has 0 saturated carbocycles. The maximum absolute atomic E-state index is 13.4. The van der Waals surface area contributed by atoms with Crippen molar-refractivity contribution in [3.63, 3.8) is 0 Å². The van der Waals surface area contributed by atoms with Crippen LogP contribution in [0.25, 0.3) is 0 Å². The average Bonchev–Trinajstić information content (AvgIpc) is 3.42. The Bertz CT molecular complexity index is 1650. The van der Waals surface area contributed by atoms with Gasteiger partial charge in [-0.2, -0.15) is 0 Å². The first-order valence-corrected chi connectivity index (χ1v) is 30.2. The van der Waals surface area contributed by atoms with Gasteiger partial charge >= 0.3 is 5.97 Å². The van der Waals surface area contributed by atoms with E-state index >= 15 is 0 Å². The quantitative estimate of drug-likeness (QED) is 0.0149. The summed E-state index contributed by atoms with van der Waals surface area (Å²) in [6.45, 7) is 5.51. The van der Waals surface area contributed by atoms with Crippen molar-refractivity contribution in [2.24, 2.45) is 0 Å². The van der Waals surface area contributed by atoms with E-state index in [1.807, 2.05) is 18.2 Å². The van der Waals surface area contributed by atoms with Gasteiger partial charge in [0.15, 0.2) is 12.4 Å². The number of amides is 1. The zero-order valence-corrected chi connectivity index (χ0v) is 47.8. The van der Waals surface area contributed by atoms with Gasteiger partial charge in [-0.3, -0.25) is 9.59 Å². The van der Waals surface area contributed by atoms with Gasteiger partial charge in [0.25, 0.3) is 0 Å². The topological polar surface area (TPSA) is 175 Å². The molecule has 0 bridgehead atoms. The van der Waals surface area contributed by atoms with Crippen molar-refractivity contribution in [1.82, 2.24) is 5.32 Å². The highest BCUT2D eigenvalue weighted by Crippen LogP contribution is 2.26. The molecule has 0 aromatic carbocycles. The predicted molar refractivity (Wildman–Crippen MR) is 315 cm³/mol. The maximum Gasteiger partial charge on any atom is 0.306 e. The number of aliphatic hydroxyl groups excluding tert-OH is 5. The molecule has 1 fully saturated rings. The van der Waals surface area contributed by atoms with Crippen LogP contribution in [-0.4, -0.2) is 99.6 Å². The first kappa shape index (κ1) is 70.3. The molecule has 8 atom stereocenters. The lowest BCUT2D eigenvalue weighted by Gasteiger charge is -2.41. The lowest BCUT2D eigenvalue weighted by atomic mass is 9.99. The van der Waals surface area contributed by atoms with E-state index in [2.05, 4.69) is 111 Å². The average molecular weight is 1060 g/mol. The van der Waals surface area contributed by atoms with Gasteiger partial charge in [-0.1, -0.05) is 239 Å². The highest BCUT2D eigenvalue weighted by Gasteiger charge is 2.47. The third kappa shape index (κ3) is 39.6. The molecule has 11 nitrogen and oxygen atoms in total. The zero-order chi connectivity index (χ0) is 55.4. The minimum absolute atomic E-state index is 0.0938. The number of hydrogen-bond donors (Lipinski definition) is 6. The van der Waals surface area contributed by atoms with E-state index in [1.165, 1.54) is 44.9 Å². The van der Waals surface area contributed by atoms with Crippen molar-refractivity contribution in [2.45, 2.75) is 275 Å². The highest BCUT2D eigenvalue weighted by atomic mass is 16.7. The number of carbonyl (C=O) groups is 2. The molecule has 1 heterocycles. The molecule has 6 N–H and O–H groups in total. The van der Waals surface area contributed by atoms with Gasteiger partial charge < -0.3 is 45.1 Å². The van der Waals surface area contributed by atoms with Crippen LogP contribution in [0, 0.1) is 0 Å². The third-order valence-corrected chi connectivity index (χ3v) is 13.5. The Balaban J connectivity index is 2.70. The molecule has 11 heteroatoms. The minimum Gasteiger partial charge on any atom is -0.454 e. The maximum atomic E-state index is 13.4. The van der Waals surface area contributed by atoms with Crippen LogP contribution in [-0.2, 0) is 23.8 Å². The number of unbranched alkanes of at least 4 members (excludes halogenated alkanes) is 21. The van der Waals surface area contributed by atoms with Gasteiger partial charge in [0, 0.05) is 6.42 Å². The molecule has 1 amide bonds. The number of ether oxygens (including phenoxy) is 3. The number of carbonyl (C=O) groups excluding carboxylic acids is 2. The number of rotatable bonds is 49. The van der Waals surface area contributed by atoms with Crippen molar-refractivity contribution in [1.29, 1.82) is 0 Å². The Morgan fingerprint density at radius 1 is 0.539 bits per heavy atom. The SMILES string of the molecule is CC/C=C\C/C=C\C/C=C\C/C=C\C/C=C\CCCCCCCC(=O)OC1C(OCC(NC(=O)C(O)CCCCCCCC/C=C/C=C/C=C/CC)C(O)/C=C/CCCCCCCCCCCC)OC(CO)C(O)C1O. The summed E-state index contributed by atoms with van der Waals surface area (Å²) in [5, 5.41) is 56.9. The Labute approximate surface area is 462 Å². The second-order valence-corrected chi connectivity index (χ2v) is 20.4. The normalized spacial score (nSPS) is 19.9.